The number of hydrogen-bond donors (Lipinski definition) is 1. The first kappa shape index (κ1) is 12.2. The smallest absolute Gasteiger partial charge is 0.174 e. The highest BCUT2D eigenvalue weighted by molar-refractivity contribution is 5.37. The lowest BCUT2D eigenvalue weighted by Crippen LogP contribution is -2.03. The second-order valence-electron chi connectivity index (χ2n) is 4.91. The van der Waals surface area contributed by atoms with E-state index in [0.29, 0.717) is 18.9 Å². The van der Waals surface area contributed by atoms with Crippen LogP contribution in [0, 0.1) is 0 Å². The lowest BCUT2D eigenvalue weighted by Gasteiger charge is -2.16. The molecule has 0 fully saturated rings. The van der Waals surface area contributed by atoms with Gasteiger partial charge in [-0.15, -0.1) is 0 Å². The maximum Gasteiger partial charge on any atom is 0.174 e. The Labute approximate surface area is 112 Å². The number of ether oxygens (including phenoxy) is 1. The molecular weight excluding hydrogens is 240 g/mol. The van der Waals surface area contributed by atoms with Crippen molar-refractivity contribution in [3.8, 4) is 5.75 Å². The third-order valence-electron chi connectivity index (χ3n) is 3.52. The Morgan fingerprint density at radius 2 is 2.00 bits per heavy atom. The number of aromatic nitrogens is 1. The number of fused-ring (bicyclic) bond motifs is 1. The van der Waals surface area contributed by atoms with E-state index in [1.807, 2.05) is 12.1 Å². The zero-order valence-electron chi connectivity index (χ0n) is 10.9. The molecule has 2 N–H and O–H groups in total. The zero-order valence-corrected chi connectivity index (χ0v) is 10.9. The van der Waals surface area contributed by atoms with Gasteiger partial charge in [0.05, 0.1) is 5.69 Å². The molecule has 4 heteroatoms. The highest BCUT2D eigenvalue weighted by Gasteiger charge is 2.10. The summed E-state index contributed by atoms with van der Waals surface area (Å²) in [7, 11) is 0. The van der Waals surface area contributed by atoms with Crippen LogP contribution in [-0.2, 0) is 26.0 Å². The van der Waals surface area contributed by atoms with Gasteiger partial charge in [-0.1, -0.05) is 11.2 Å². The summed E-state index contributed by atoms with van der Waals surface area (Å²) < 4.78 is 10.9. The van der Waals surface area contributed by atoms with Gasteiger partial charge in [0.25, 0.3) is 0 Å². The van der Waals surface area contributed by atoms with Gasteiger partial charge in [0, 0.05) is 12.6 Å². The second-order valence-corrected chi connectivity index (χ2v) is 4.91. The van der Waals surface area contributed by atoms with E-state index >= 15 is 0 Å². The van der Waals surface area contributed by atoms with Gasteiger partial charge in [0.1, 0.15) is 12.4 Å². The Bertz CT molecular complexity index is 563. The molecule has 3 rings (SSSR count). The van der Waals surface area contributed by atoms with Crippen LogP contribution < -0.4 is 10.5 Å². The van der Waals surface area contributed by atoms with E-state index in [4.69, 9.17) is 15.0 Å². The molecule has 1 aromatic carbocycles. The van der Waals surface area contributed by atoms with E-state index < -0.39 is 0 Å². The van der Waals surface area contributed by atoms with Gasteiger partial charge in [0.2, 0.25) is 0 Å². The number of nitrogens with two attached hydrogens (primary N) is 1. The van der Waals surface area contributed by atoms with Crippen molar-refractivity contribution in [3.63, 3.8) is 0 Å². The van der Waals surface area contributed by atoms with Crippen molar-refractivity contribution in [1.29, 1.82) is 0 Å². The SMILES string of the molecule is NCc1cc(COc2ccc3c(c2)CCCC3)on1. The molecule has 2 aromatic rings. The van der Waals surface area contributed by atoms with Gasteiger partial charge < -0.3 is 15.0 Å². The standard InChI is InChI=1S/C15H18N2O2/c16-9-13-8-15(19-17-13)10-18-14-6-5-11-3-1-2-4-12(11)7-14/h5-8H,1-4,9-10,16H2. The third kappa shape index (κ3) is 2.79. The monoisotopic (exact) mass is 258 g/mol. The number of hydrogen-bond acceptors (Lipinski definition) is 4. The van der Waals surface area contributed by atoms with Gasteiger partial charge in [-0.3, -0.25) is 0 Å². The van der Waals surface area contributed by atoms with Crippen LogP contribution in [0.1, 0.15) is 35.4 Å². The van der Waals surface area contributed by atoms with Crippen LogP contribution in [0.3, 0.4) is 0 Å². The van der Waals surface area contributed by atoms with Crippen LogP contribution in [0.5, 0.6) is 5.75 Å². The van der Waals surface area contributed by atoms with Crippen molar-refractivity contribution in [1.82, 2.24) is 5.16 Å². The molecule has 0 saturated carbocycles. The summed E-state index contributed by atoms with van der Waals surface area (Å²) in [6, 6.07) is 8.19. The van der Waals surface area contributed by atoms with Crippen molar-refractivity contribution in [3.05, 3.63) is 46.8 Å². The van der Waals surface area contributed by atoms with Gasteiger partial charge >= 0.3 is 0 Å². The number of rotatable bonds is 4. The van der Waals surface area contributed by atoms with E-state index in [-0.39, 0.29) is 0 Å². The van der Waals surface area contributed by atoms with E-state index in [1.165, 1.54) is 30.4 Å². The molecule has 100 valence electrons. The molecule has 0 bridgehead atoms. The molecule has 0 radical (unpaired) electrons. The van der Waals surface area contributed by atoms with Crippen LogP contribution in [0.2, 0.25) is 0 Å². The van der Waals surface area contributed by atoms with Crippen LogP contribution in [0.4, 0.5) is 0 Å². The van der Waals surface area contributed by atoms with Gasteiger partial charge in [-0.2, -0.15) is 0 Å². The Morgan fingerprint density at radius 1 is 1.16 bits per heavy atom. The van der Waals surface area contributed by atoms with Crippen molar-refractivity contribution in [2.75, 3.05) is 0 Å². The summed E-state index contributed by atoms with van der Waals surface area (Å²) in [5.74, 6) is 1.60. The molecule has 1 heterocycles. The van der Waals surface area contributed by atoms with Crippen LogP contribution >= 0.6 is 0 Å². The van der Waals surface area contributed by atoms with Gasteiger partial charge in [-0.25, -0.2) is 0 Å². The molecule has 0 aliphatic heterocycles. The first-order valence-corrected chi connectivity index (χ1v) is 6.74. The highest BCUT2D eigenvalue weighted by atomic mass is 16.5. The third-order valence-corrected chi connectivity index (χ3v) is 3.52. The van der Waals surface area contributed by atoms with Gasteiger partial charge in [-0.05, 0) is 48.9 Å². The topological polar surface area (TPSA) is 61.3 Å². The summed E-state index contributed by atoms with van der Waals surface area (Å²) in [6.45, 7) is 0.786. The highest BCUT2D eigenvalue weighted by Crippen LogP contribution is 2.25. The number of nitrogens with zero attached hydrogens (tertiary/aromatic N) is 1. The molecule has 0 unspecified atom stereocenters. The van der Waals surface area contributed by atoms with E-state index in [2.05, 4.69) is 17.3 Å². The second kappa shape index (κ2) is 5.45. The van der Waals surface area contributed by atoms with Crippen molar-refractivity contribution < 1.29 is 9.26 Å². The molecule has 0 atom stereocenters. The zero-order chi connectivity index (χ0) is 13.1. The quantitative estimate of drug-likeness (QED) is 0.915. The predicted molar refractivity (Wildman–Crippen MR) is 71.8 cm³/mol. The van der Waals surface area contributed by atoms with Crippen molar-refractivity contribution >= 4 is 0 Å². The van der Waals surface area contributed by atoms with E-state index in [1.54, 1.807) is 0 Å². The first-order chi connectivity index (χ1) is 9.35. The summed E-state index contributed by atoms with van der Waals surface area (Å²) in [6.07, 6.45) is 4.93. The normalized spacial score (nSPS) is 14.2. The summed E-state index contributed by atoms with van der Waals surface area (Å²) in [5, 5.41) is 3.84. The van der Waals surface area contributed by atoms with Crippen LogP contribution in [0.15, 0.2) is 28.8 Å². The van der Waals surface area contributed by atoms with Crippen molar-refractivity contribution in [2.24, 2.45) is 5.73 Å². The molecule has 0 amide bonds. The molecular formula is C15H18N2O2. The Kier molecular flexibility index (Phi) is 3.51. The Morgan fingerprint density at radius 3 is 2.79 bits per heavy atom. The Balaban J connectivity index is 1.66. The fourth-order valence-corrected chi connectivity index (χ4v) is 2.47. The molecule has 4 nitrogen and oxygen atoms in total. The van der Waals surface area contributed by atoms with Crippen molar-refractivity contribution in [2.45, 2.75) is 38.8 Å². The maximum atomic E-state index is 5.74. The average Bonchev–Trinajstić information content (AvgIpc) is 2.93. The lowest BCUT2D eigenvalue weighted by molar-refractivity contribution is 0.248. The molecule has 19 heavy (non-hydrogen) atoms. The average molecular weight is 258 g/mol. The summed E-state index contributed by atoms with van der Waals surface area (Å²) in [5.41, 5.74) is 9.12. The first-order valence-electron chi connectivity index (χ1n) is 6.74. The molecule has 1 aliphatic carbocycles. The fourth-order valence-electron chi connectivity index (χ4n) is 2.47. The van der Waals surface area contributed by atoms with Crippen LogP contribution in [0.25, 0.3) is 0 Å². The predicted octanol–water partition coefficient (Wildman–Crippen LogP) is 2.59. The fraction of sp³-hybridized carbons (Fsp3) is 0.400. The largest absolute Gasteiger partial charge is 0.486 e. The molecule has 1 aromatic heterocycles. The number of benzene rings is 1. The summed E-state index contributed by atoms with van der Waals surface area (Å²) in [4.78, 5) is 0. The molecule has 0 spiro atoms. The van der Waals surface area contributed by atoms with E-state index in [9.17, 15) is 0 Å². The van der Waals surface area contributed by atoms with Crippen LogP contribution in [-0.4, -0.2) is 5.16 Å². The Hall–Kier alpha value is -1.81. The maximum absolute atomic E-state index is 5.74. The van der Waals surface area contributed by atoms with E-state index in [0.717, 1.165) is 17.9 Å². The molecule has 1 aliphatic rings. The van der Waals surface area contributed by atoms with Gasteiger partial charge in [0.15, 0.2) is 5.76 Å². The molecule has 0 saturated heterocycles. The minimum absolute atomic E-state index is 0.391. The minimum Gasteiger partial charge on any atom is -0.486 e. The lowest BCUT2D eigenvalue weighted by atomic mass is 9.92. The summed E-state index contributed by atoms with van der Waals surface area (Å²) >= 11 is 0. The minimum atomic E-state index is 0.391. The number of aryl methyl sites for hydroxylation is 2.